The van der Waals surface area contributed by atoms with Gasteiger partial charge >= 0.3 is 0 Å². The predicted octanol–water partition coefficient (Wildman–Crippen LogP) is 4.18. The molecular weight excluding hydrogens is 351 g/mol. The van der Waals surface area contributed by atoms with Crippen LogP contribution in [0.3, 0.4) is 0 Å². The van der Waals surface area contributed by atoms with Gasteiger partial charge in [0.15, 0.2) is 5.79 Å². The van der Waals surface area contributed by atoms with Crippen LogP contribution >= 0.6 is 22.6 Å². The fourth-order valence-corrected chi connectivity index (χ4v) is 3.04. The fraction of sp³-hybridized carbons (Fsp3) is 0.250. The molecule has 1 aliphatic rings. The van der Waals surface area contributed by atoms with E-state index in [9.17, 15) is 0 Å². The number of hydrogen-bond acceptors (Lipinski definition) is 2. The van der Waals surface area contributed by atoms with Crippen molar-refractivity contribution in [3.8, 4) is 11.1 Å². The first kappa shape index (κ1) is 13.1. The van der Waals surface area contributed by atoms with Crippen LogP contribution in [-0.4, -0.2) is 13.2 Å². The van der Waals surface area contributed by atoms with Gasteiger partial charge in [-0.1, -0.05) is 36.4 Å². The van der Waals surface area contributed by atoms with Gasteiger partial charge in [-0.2, -0.15) is 0 Å². The average Bonchev–Trinajstić information content (AvgIpc) is 2.88. The van der Waals surface area contributed by atoms with Crippen LogP contribution in [0.1, 0.15) is 12.5 Å². The monoisotopic (exact) mass is 366 g/mol. The summed E-state index contributed by atoms with van der Waals surface area (Å²) in [4.78, 5) is 0. The van der Waals surface area contributed by atoms with Crippen molar-refractivity contribution in [1.82, 2.24) is 0 Å². The summed E-state index contributed by atoms with van der Waals surface area (Å²) >= 11 is 2.36. The van der Waals surface area contributed by atoms with Gasteiger partial charge in [0.25, 0.3) is 0 Å². The number of benzene rings is 2. The van der Waals surface area contributed by atoms with Gasteiger partial charge < -0.3 is 9.47 Å². The van der Waals surface area contributed by atoms with Gasteiger partial charge in [0.2, 0.25) is 0 Å². The van der Waals surface area contributed by atoms with Gasteiger partial charge in [-0.15, -0.1) is 0 Å². The SMILES string of the molecule is CC1(c2cccc(-c3ccccc3I)c2)OCCO1. The number of hydrogen-bond donors (Lipinski definition) is 0. The summed E-state index contributed by atoms with van der Waals surface area (Å²) in [6, 6.07) is 16.8. The standard InChI is InChI=1S/C16H15IO2/c1-16(18-9-10-19-16)13-6-4-5-12(11-13)14-7-2-3-8-15(14)17/h2-8,11H,9-10H2,1H3. The lowest BCUT2D eigenvalue weighted by molar-refractivity contribution is -0.149. The third kappa shape index (κ3) is 2.55. The van der Waals surface area contributed by atoms with Crippen molar-refractivity contribution in [3.05, 3.63) is 57.7 Å². The number of rotatable bonds is 2. The van der Waals surface area contributed by atoms with Crippen molar-refractivity contribution in [1.29, 1.82) is 0 Å². The van der Waals surface area contributed by atoms with Crippen LogP contribution in [-0.2, 0) is 15.3 Å². The molecule has 2 aromatic rings. The topological polar surface area (TPSA) is 18.5 Å². The summed E-state index contributed by atoms with van der Waals surface area (Å²) in [5.74, 6) is -0.601. The van der Waals surface area contributed by atoms with Gasteiger partial charge in [0.1, 0.15) is 0 Å². The Labute approximate surface area is 126 Å². The molecule has 1 saturated heterocycles. The molecule has 98 valence electrons. The molecule has 0 saturated carbocycles. The van der Waals surface area contributed by atoms with E-state index in [1.54, 1.807) is 0 Å². The zero-order chi connectivity index (χ0) is 13.3. The third-order valence-electron chi connectivity index (χ3n) is 3.41. The molecule has 0 N–H and O–H groups in total. The van der Waals surface area contributed by atoms with Gasteiger partial charge in [0, 0.05) is 9.13 Å². The van der Waals surface area contributed by atoms with E-state index in [4.69, 9.17) is 9.47 Å². The van der Waals surface area contributed by atoms with Crippen LogP contribution in [0.15, 0.2) is 48.5 Å². The van der Waals surface area contributed by atoms with E-state index in [1.165, 1.54) is 14.7 Å². The predicted molar refractivity (Wildman–Crippen MR) is 83.9 cm³/mol. The van der Waals surface area contributed by atoms with Crippen molar-refractivity contribution < 1.29 is 9.47 Å². The maximum Gasteiger partial charge on any atom is 0.192 e. The van der Waals surface area contributed by atoms with E-state index in [0.717, 1.165) is 5.56 Å². The van der Waals surface area contributed by atoms with Crippen molar-refractivity contribution >= 4 is 22.6 Å². The fourth-order valence-electron chi connectivity index (χ4n) is 2.35. The molecule has 0 atom stereocenters. The Morgan fingerprint density at radius 3 is 2.47 bits per heavy atom. The maximum atomic E-state index is 5.72. The normalized spacial score (nSPS) is 17.6. The lowest BCUT2D eigenvalue weighted by Crippen LogP contribution is -2.22. The highest BCUT2D eigenvalue weighted by Crippen LogP contribution is 2.34. The minimum Gasteiger partial charge on any atom is -0.344 e. The summed E-state index contributed by atoms with van der Waals surface area (Å²) in [6.45, 7) is 3.29. The van der Waals surface area contributed by atoms with E-state index >= 15 is 0 Å². The summed E-state index contributed by atoms with van der Waals surface area (Å²) < 4.78 is 12.7. The highest BCUT2D eigenvalue weighted by Gasteiger charge is 2.33. The van der Waals surface area contributed by atoms with Crippen molar-refractivity contribution in [2.24, 2.45) is 0 Å². The van der Waals surface area contributed by atoms with Crippen LogP contribution in [0.5, 0.6) is 0 Å². The molecule has 0 spiro atoms. The number of halogens is 1. The quantitative estimate of drug-likeness (QED) is 0.743. The van der Waals surface area contributed by atoms with Gasteiger partial charge in [0.05, 0.1) is 13.2 Å². The Morgan fingerprint density at radius 2 is 1.74 bits per heavy atom. The van der Waals surface area contributed by atoms with Gasteiger partial charge in [-0.3, -0.25) is 0 Å². The third-order valence-corrected chi connectivity index (χ3v) is 4.35. The van der Waals surface area contributed by atoms with Crippen LogP contribution in [0.4, 0.5) is 0 Å². The highest BCUT2D eigenvalue weighted by atomic mass is 127. The molecule has 19 heavy (non-hydrogen) atoms. The molecule has 0 aromatic heterocycles. The second-order valence-electron chi connectivity index (χ2n) is 4.70. The Balaban J connectivity index is 2.03. The van der Waals surface area contributed by atoms with Gasteiger partial charge in [-0.25, -0.2) is 0 Å². The summed E-state index contributed by atoms with van der Waals surface area (Å²) in [5, 5.41) is 0. The minimum absolute atomic E-state index is 0.601. The molecule has 2 nitrogen and oxygen atoms in total. The lowest BCUT2D eigenvalue weighted by atomic mass is 9.99. The molecule has 0 amide bonds. The van der Waals surface area contributed by atoms with Crippen molar-refractivity contribution in [2.75, 3.05) is 13.2 Å². The van der Waals surface area contributed by atoms with E-state index in [2.05, 4.69) is 71.1 Å². The molecule has 0 radical (unpaired) electrons. The lowest BCUT2D eigenvalue weighted by Gasteiger charge is -2.23. The smallest absolute Gasteiger partial charge is 0.192 e. The molecule has 3 heteroatoms. The van der Waals surface area contributed by atoms with Crippen LogP contribution in [0.2, 0.25) is 0 Å². The van der Waals surface area contributed by atoms with E-state index in [-0.39, 0.29) is 0 Å². The molecule has 1 heterocycles. The van der Waals surface area contributed by atoms with Crippen molar-refractivity contribution in [2.45, 2.75) is 12.7 Å². The van der Waals surface area contributed by atoms with Crippen LogP contribution in [0.25, 0.3) is 11.1 Å². The molecular formula is C16H15IO2. The van der Waals surface area contributed by atoms with Crippen LogP contribution < -0.4 is 0 Å². The first-order valence-electron chi connectivity index (χ1n) is 6.32. The second-order valence-corrected chi connectivity index (χ2v) is 5.87. The average molecular weight is 366 g/mol. The zero-order valence-corrected chi connectivity index (χ0v) is 12.9. The Morgan fingerprint density at radius 1 is 1.00 bits per heavy atom. The minimum atomic E-state index is -0.601. The number of ether oxygens (including phenoxy) is 2. The molecule has 0 aliphatic carbocycles. The summed E-state index contributed by atoms with van der Waals surface area (Å²) in [5.41, 5.74) is 3.51. The second kappa shape index (κ2) is 5.23. The molecule has 3 rings (SSSR count). The van der Waals surface area contributed by atoms with Crippen molar-refractivity contribution in [3.63, 3.8) is 0 Å². The van der Waals surface area contributed by atoms with E-state index in [1.807, 2.05) is 6.92 Å². The maximum absolute atomic E-state index is 5.72. The molecule has 2 aromatic carbocycles. The largest absolute Gasteiger partial charge is 0.344 e. The van der Waals surface area contributed by atoms with Crippen LogP contribution in [0, 0.1) is 3.57 Å². The van der Waals surface area contributed by atoms with E-state index < -0.39 is 5.79 Å². The van der Waals surface area contributed by atoms with Gasteiger partial charge in [-0.05, 0) is 52.8 Å². The molecule has 1 aliphatic heterocycles. The molecule has 0 bridgehead atoms. The Kier molecular flexibility index (Phi) is 3.60. The summed E-state index contributed by atoms with van der Waals surface area (Å²) in [7, 11) is 0. The first-order valence-corrected chi connectivity index (χ1v) is 7.40. The molecule has 1 fully saturated rings. The Bertz CT molecular complexity index is 589. The zero-order valence-electron chi connectivity index (χ0n) is 10.7. The highest BCUT2D eigenvalue weighted by molar-refractivity contribution is 14.1. The molecule has 0 unspecified atom stereocenters. The van der Waals surface area contributed by atoms with E-state index in [0.29, 0.717) is 13.2 Å². The first-order chi connectivity index (χ1) is 9.19. The Hall–Kier alpha value is -0.910. The summed E-state index contributed by atoms with van der Waals surface area (Å²) in [6.07, 6.45) is 0.